The molecule has 134 valence electrons. The number of carbonyl (C=O) groups is 1. The quantitative estimate of drug-likeness (QED) is 0.706. The van der Waals surface area contributed by atoms with Crippen LogP contribution in [0, 0.1) is 6.92 Å². The van der Waals surface area contributed by atoms with Crippen molar-refractivity contribution >= 4 is 17.2 Å². The van der Waals surface area contributed by atoms with Gasteiger partial charge in [-0.25, -0.2) is 4.98 Å². The summed E-state index contributed by atoms with van der Waals surface area (Å²) in [5.41, 5.74) is 3.15. The second-order valence-electron chi connectivity index (χ2n) is 6.51. The van der Waals surface area contributed by atoms with E-state index in [-0.39, 0.29) is 5.91 Å². The number of piperazine rings is 1. The lowest BCUT2D eigenvalue weighted by molar-refractivity contribution is 0.0595. The van der Waals surface area contributed by atoms with Gasteiger partial charge in [-0.3, -0.25) is 9.69 Å². The Kier molecular flexibility index (Phi) is 4.86. The number of hydrogen-bond acceptors (Lipinski definition) is 5. The molecule has 1 amide bonds. The molecule has 2 aromatic heterocycles. The lowest BCUT2D eigenvalue weighted by atomic mass is 10.2. The third-order valence-electron chi connectivity index (χ3n) is 4.67. The molecule has 5 nitrogen and oxygen atoms in total. The van der Waals surface area contributed by atoms with Crippen molar-refractivity contribution < 1.29 is 9.21 Å². The van der Waals surface area contributed by atoms with E-state index in [1.165, 1.54) is 0 Å². The Morgan fingerprint density at radius 2 is 1.92 bits per heavy atom. The normalized spacial score (nSPS) is 15.3. The summed E-state index contributed by atoms with van der Waals surface area (Å²) >= 11 is 1.68. The van der Waals surface area contributed by atoms with E-state index in [2.05, 4.69) is 22.4 Å². The SMILES string of the molecule is Cc1ccoc1C(=O)N1CCN(Cc2csc(-c3ccccc3)n2)CC1. The molecule has 26 heavy (non-hydrogen) atoms. The highest BCUT2D eigenvalue weighted by atomic mass is 32.1. The summed E-state index contributed by atoms with van der Waals surface area (Å²) in [6.45, 7) is 5.86. The minimum Gasteiger partial charge on any atom is -0.459 e. The molecule has 0 radical (unpaired) electrons. The summed E-state index contributed by atoms with van der Waals surface area (Å²) in [6, 6.07) is 12.1. The van der Waals surface area contributed by atoms with E-state index in [9.17, 15) is 4.79 Å². The van der Waals surface area contributed by atoms with Crippen LogP contribution in [-0.4, -0.2) is 46.9 Å². The standard InChI is InChI=1S/C20H21N3O2S/c1-15-7-12-25-18(15)20(24)23-10-8-22(9-11-23)13-17-14-26-19(21-17)16-5-3-2-4-6-16/h2-7,12,14H,8-11,13H2,1H3. The van der Waals surface area contributed by atoms with Gasteiger partial charge in [0.25, 0.3) is 5.91 Å². The van der Waals surface area contributed by atoms with Crippen LogP contribution in [0.3, 0.4) is 0 Å². The van der Waals surface area contributed by atoms with Crippen LogP contribution in [-0.2, 0) is 6.54 Å². The molecular formula is C20H21N3O2S. The van der Waals surface area contributed by atoms with Gasteiger partial charge >= 0.3 is 0 Å². The Bertz CT molecular complexity index is 879. The van der Waals surface area contributed by atoms with Gasteiger partial charge in [0.2, 0.25) is 0 Å². The van der Waals surface area contributed by atoms with Crippen LogP contribution in [0.5, 0.6) is 0 Å². The smallest absolute Gasteiger partial charge is 0.289 e. The maximum absolute atomic E-state index is 12.5. The Morgan fingerprint density at radius 1 is 1.15 bits per heavy atom. The first-order valence-electron chi connectivity index (χ1n) is 8.76. The molecule has 0 N–H and O–H groups in total. The first-order valence-corrected chi connectivity index (χ1v) is 9.64. The van der Waals surface area contributed by atoms with E-state index in [1.807, 2.05) is 36.1 Å². The number of benzene rings is 1. The minimum atomic E-state index is -0.00725. The Balaban J connectivity index is 1.34. The molecular weight excluding hydrogens is 346 g/mol. The lowest BCUT2D eigenvalue weighted by Crippen LogP contribution is -2.48. The summed E-state index contributed by atoms with van der Waals surface area (Å²) < 4.78 is 5.33. The first kappa shape index (κ1) is 17.0. The fourth-order valence-corrected chi connectivity index (χ4v) is 3.98. The Hall–Kier alpha value is -2.44. The summed E-state index contributed by atoms with van der Waals surface area (Å²) in [7, 11) is 0. The number of nitrogens with zero attached hydrogens (tertiary/aromatic N) is 3. The van der Waals surface area contributed by atoms with Gasteiger partial charge in [0.05, 0.1) is 12.0 Å². The van der Waals surface area contributed by atoms with Crippen LogP contribution in [0.25, 0.3) is 10.6 Å². The van der Waals surface area contributed by atoms with Crippen molar-refractivity contribution in [1.29, 1.82) is 0 Å². The third-order valence-corrected chi connectivity index (χ3v) is 5.61. The molecule has 1 aliphatic heterocycles. The summed E-state index contributed by atoms with van der Waals surface area (Å²) in [5.74, 6) is 0.456. The van der Waals surface area contributed by atoms with Crippen molar-refractivity contribution in [3.63, 3.8) is 0 Å². The maximum atomic E-state index is 12.5. The highest BCUT2D eigenvalue weighted by molar-refractivity contribution is 7.13. The first-order chi connectivity index (χ1) is 12.7. The van der Waals surface area contributed by atoms with E-state index in [1.54, 1.807) is 17.6 Å². The topological polar surface area (TPSA) is 49.6 Å². The largest absolute Gasteiger partial charge is 0.459 e. The lowest BCUT2D eigenvalue weighted by Gasteiger charge is -2.34. The van der Waals surface area contributed by atoms with Gasteiger partial charge in [-0.15, -0.1) is 11.3 Å². The monoisotopic (exact) mass is 367 g/mol. The number of thiazole rings is 1. The third kappa shape index (κ3) is 3.57. The van der Waals surface area contributed by atoms with Gasteiger partial charge in [-0.2, -0.15) is 0 Å². The highest BCUT2D eigenvalue weighted by Crippen LogP contribution is 2.24. The molecule has 3 heterocycles. The zero-order valence-corrected chi connectivity index (χ0v) is 15.5. The number of furan rings is 1. The molecule has 4 rings (SSSR count). The molecule has 3 aromatic rings. The number of hydrogen-bond donors (Lipinski definition) is 0. The maximum Gasteiger partial charge on any atom is 0.289 e. The molecule has 1 aliphatic rings. The van der Waals surface area contributed by atoms with Gasteiger partial charge in [0, 0.05) is 49.2 Å². The van der Waals surface area contributed by atoms with Crippen LogP contribution < -0.4 is 0 Å². The van der Waals surface area contributed by atoms with Crippen LogP contribution in [0.1, 0.15) is 21.8 Å². The highest BCUT2D eigenvalue weighted by Gasteiger charge is 2.25. The van der Waals surface area contributed by atoms with Gasteiger partial charge in [0.1, 0.15) is 5.01 Å². The number of amides is 1. The van der Waals surface area contributed by atoms with Crippen molar-refractivity contribution in [2.24, 2.45) is 0 Å². The van der Waals surface area contributed by atoms with E-state index >= 15 is 0 Å². The molecule has 0 atom stereocenters. The summed E-state index contributed by atoms with van der Waals surface area (Å²) in [4.78, 5) is 21.5. The van der Waals surface area contributed by atoms with Gasteiger partial charge < -0.3 is 9.32 Å². The number of rotatable bonds is 4. The van der Waals surface area contributed by atoms with Crippen LogP contribution in [0.15, 0.2) is 52.5 Å². The molecule has 0 spiro atoms. The Morgan fingerprint density at radius 3 is 2.62 bits per heavy atom. The van der Waals surface area contributed by atoms with Crippen molar-refractivity contribution in [1.82, 2.24) is 14.8 Å². The van der Waals surface area contributed by atoms with Crippen molar-refractivity contribution in [3.8, 4) is 10.6 Å². The molecule has 1 saturated heterocycles. The average molecular weight is 367 g/mol. The van der Waals surface area contributed by atoms with Gasteiger partial charge in [0.15, 0.2) is 5.76 Å². The fourth-order valence-electron chi connectivity index (χ4n) is 3.17. The summed E-state index contributed by atoms with van der Waals surface area (Å²) in [5, 5.41) is 3.19. The van der Waals surface area contributed by atoms with Crippen LogP contribution in [0.4, 0.5) is 0 Å². The minimum absolute atomic E-state index is 0.00725. The van der Waals surface area contributed by atoms with Crippen molar-refractivity contribution in [3.05, 3.63) is 65.1 Å². The van der Waals surface area contributed by atoms with Crippen molar-refractivity contribution in [2.75, 3.05) is 26.2 Å². The predicted octanol–water partition coefficient (Wildman–Crippen LogP) is 3.67. The molecule has 1 aromatic carbocycles. The molecule has 0 unspecified atom stereocenters. The van der Waals surface area contributed by atoms with Gasteiger partial charge in [-0.1, -0.05) is 30.3 Å². The van der Waals surface area contributed by atoms with Crippen LogP contribution in [0.2, 0.25) is 0 Å². The zero-order chi connectivity index (χ0) is 17.9. The average Bonchev–Trinajstić information content (AvgIpc) is 3.32. The predicted molar refractivity (Wildman–Crippen MR) is 102 cm³/mol. The van der Waals surface area contributed by atoms with E-state index in [0.717, 1.165) is 41.5 Å². The second kappa shape index (κ2) is 7.43. The van der Waals surface area contributed by atoms with Crippen LogP contribution >= 0.6 is 11.3 Å². The number of carbonyl (C=O) groups excluding carboxylic acids is 1. The van der Waals surface area contributed by atoms with Gasteiger partial charge in [-0.05, 0) is 13.0 Å². The number of aryl methyl sites for hydroxylation is 1. The van der Waals surface area contributed by atoms with E-state index < -0.39 is 0 Å². The Labute approximate surface area is 156 Å². The van der Waals surface area contributed by atoms with Crippen molar-refractivity contribution in [2.45, 2.75) is 13.5 Å². The fraction of sp³-hybridized carbons (Fsp3) is 0.300. The molecule has 0 bridgehead atoms. The second-order valence-corrected chi connectivity index (χ2v) is 7.37. The summed E-state index contributed by atoms with van der Waals surface area (Å²) in [6.07, 6.45) is 1.57. The molecule has 1 fully saturated rings. The molecule has 0 aliphatic carbocycles. The van der Waals surface area contributed by atoms with E-state index in [0.29, 0.717) is 18.8 Å². The molecule has 0 saturated carbocycles. The molecule has 6 heteroatoms. The van der Waals surface area contributed by atoms with E-state index in [4.69, 9.17) is 9.40 Å². The zero-order valence-electron chi connectivity index (χ0n) is 14.7. The number of aromatic nitrogens is 1.